The fourth-order valence-electron chi connectivity index (χ4n) is 2.58. The quantitative estimate of drug-likeness (QED) is 0.933. The molecule has 6 nitrogen and oxygen atoms in total. The first-order valence-corrected chi connectivity index (χ1v) is 8.00. The second-order valence-corrected chi connectivity index (χ2v) is 5.87. The van der Waals surface area contributed by atoms with Gasteiger partial charge in [0.15, 0.2) is 17.3 Å². The van der Waals surface area contributed by atoms with Gasteiger partial charge in [0.05, 0.1) is 24.9 Å². The zero-order valence-corrected chi connectivity index (χ0v) is 14.1. The van der Waals surface area contributed by atoms with E-state index in [4.69, 9.17) is 9.47 Å². The van der Waals surface area contributed by atoms with E-state index in [0.29, 0.717) is 24.6 Å². The van der Waals surface area contributed by atoms with Gasteiger partial charge in [-0.3, -0.25) is 0 Å². The van der Waals surface area contributed by atoms with Crippen molar-refractivity contribution in [3.05, 3.63) is 40.6 Å². The molecule has 1 aromatic carbocycles. The molecular formula is C18H20N4O2. The summed E-state index contributed by atoms with van der Waals surface area (Å²) in [6, 6.07) is 8.04. The van der Waals surface area contributed by atoms with E-state index in [1.165, 1.54) is 0 Å². The summed E-state index contributed by atoms with van der Waals surface area (Å²) in [5, 5.41) is 20.9. The zero-order chi connectivity index (χ0) is 17.1. The third-order valence-electron chi connectivity index (χ3n) is 4.19. The Hall–Kier alpha value is -2.81. The molecule has 0 unspecified atom stereocenters. The molecule has 1 aromatic heterocycles. The predicted molar refractivity (Wildman–Crippen MR) is 90.3 cm³/mol. The molecule has 0 amide bonds. The van der Waals surface area contributed by atoms with Crippen LogP contribution in [0.4, 0.5) is 5.82 Å². The Morgan fingerprint density at radius 1 is 1.17 bits per heavy atom. The lowest BCUT2D eigenvalue weighted by Gasteiger charge is -2.18. The molecule has 124 valence electrons. The molecule has 0 aliphatic carbocycles. The molecule has 2 aromatic rings. The number of nitrogens with zero attached hydrogens (tertiary/aromatic N) is 3. The lowest BCUT2D eigenvalue weighted by Crippen LogP contribution is -2.12. The first kappa shape index (κ1) is 16.1. The van der Waals surface area contributed by atoms with Crippen molar-refractivity contribution in [1.29, 1.82) is 5.26 Å². The second kappa shape index (κ2) is 6.75. The van der Waals surface area contributed by atoms with Crippen LogP contribution < -0.4 is 14.8 Å². The van der Waals surface area contributed by atoms with Crippen molar-refractivity contribution >= 4 is 5.82 Å². The van der Waals surface area contributed by atoms with Crippen LogP contribution in [0, 0.1) is 25.2 Å². The highest BCUT2D eigenvalue weighted by atomic mass is 16.5. The smallest absolute Gasteiger partial charge is 0.167 e. The molecule has 0 spiro atoms. The molecule has 6 heteroatoms. The van der Waals surface area contributed by atoms with Crippen molar-refractivity contribution in [2.24, 2.45) is 0 Å². The SMILES string of the molecule is Cc1nnc(N[C@@H](C)c2ccc3c(c2)OCCCO3)c(C#N)c1C. The van der Waals surface area contributed by atoms with Gasteiger partial charge in [-0.1, -0.05) is 6.07 Å². The zero-order valence-electron chi connectivity index (χ0n) is 14.1. The maximum Gasteiger partial charge on any atom is 0.167 e. The van der Waals surface area contributed by atoms with Gasteiger partial charge in [-0.05, 0) is 44.0 Å². The van der Waals surface area contributed by atoms with Crippen LogP contribution in [0.1, 0.15) is 41.8 Å². The summed E-state index contributed by atoms with van der Waals surface area (Å²) in [7, 11) is 0. The molecule has 0 fully saturated rings. The predicted octanol–water partition coefficient (Wildman–Crippen LogP) is 3.30. The normalized spacial score (nSPS) is 14.4. The molecule has 0 bridgehead atoms. The van der Waals surface area contributed by atoms with Crippen molar-refractivity contribution in [3.8, 4) is 17.6 Å². The van der Waals surface area contributed by atoms with E-state index in [9.17, 15) is 5.26 Å². The van der Waals surface area contributed by atoms with Gasteiger partial charge in [-0.15, -0.1) is 5.10 Å². The van der Waals surface area contributed by atoms with Crippen LogP contribution in [-0.2, 0) is 0 Å². The highest BCUT2D eigenvalue weighted by molar-refractivity contribution is 5.57. The van der Waals surface area contributed by atoms with Gasteiger partial charge in [0, 0.05) is 6.42 Å². The Balaban J connectivity index is 1.86. The van der Waals surface area contributed by atoms with Crippen molar-refractivity contribution < 1.29 is 9.47 Å². The number of hydrogen-bond acceptors (Lipinski definition) is 6. The van der Waals surface area contributed by atoms with Gasteiger partial charge in [-0.25, -0.2) is 0 Å². The number of aromatic nitrogens is 2. The fourth-order valence-corrected chi connectivity index (χ4v) is 2.58. The third-order valence-corrected chi connectivity index (χ3v) is 4.19. The third kappa shape index (κ3) is 3.11. The van der Waals surface area contributed by atoms with Gasteiger partial charge < -0.3 is 14.8 Å². The van der Waals surface area contributed by atoms with Gasteiger partial charge in [0.2, 0.25) is 0 Å². The van der Waals surface area contributed by atoms with E-state index in [1.54, 1.807) is 0 Å². The van der Waals surface area contributed by atoms with E-state index in [2.05, 4.69) is 21.6 Å². The van der Waals surface area contributed by atoms with E-state index in [-0.39, 0.29) is 6.04 Å². The summed E-state index contributed by atoms with van der Waals surface area (Å²) in [4.78, 5) is 0. The van der Waals surface area contributed by atoms with Crippen LogP contribution in [0.25, 0.3) is 0 Å². The van der Waals surface area contributed by atoms with Crippen molar-refractivity contribution in [3.63, 3.8) is 0 Å². The molecule has 1 aliphatic rings. The highest BCUT2D eigenvalue weighted by Crippen LogP contribution is 2.33. The van der Waals surface area contributed by atoms with E-state index >= 15 is 0 Å². The molecule has 0 radical (unpaired) electrons. The Kier molecular flexibility index (Phi) is 4.52. The van der Waals surface area contributed by atoms with Gasteiger partial charge >= 0.3 is 0 Å². The standard InChI is InChI=1S/C18H20N4O2/c1-11-12(2)21-22-18(15(11)10-19)20-13(3)14-5-6-16-17(9-14)24-8-4-7-23-16/h5-6,9,13H,4,7-8H2,1-3H3,(H,20,22)/t13-/m0/s1. The van der Waals surface area contributed by atoms with E-state index < -0.39 is 0 Å². The number of anilines is 1. The van der Waals surface area contributed by atoms with Crippen LogP contribution in [0.2, 0.25) is 0 Å². The average Bonchev–Trinajstić information content (AvgIpc) is 2.83. The molecule has 1 aliphatic heterocycles. The summed E-state index contributed by atoms with van der Waals surface area (Å²) < 4.78 is 11.4. The first-order chi connectivity index (χ1) is 11.6. The number of hydrogen-bond donors (Lipinski definition) is 1. The lowest BCUT2D eigenvalue weighted by molar-refractivity contribution is 0.297. The minimum atomic E-state index is -0.0503. The molecule has 3 rings (SSSR count). The van der Waals surface area contributed by atoms with Gasteiger partial charge in [0.1, 0.15) is 11.6 Å². The molecule has 1 atom stereocenters. The number of benzene rings is 1. The van der Waals surface area contributed by atoms with Gasteiger partial charge in [0.25, 0.3) is 0 Å². The summed E-state index contributed by atoms with van der Waals surface area (Å²) in [6.45, 7) is 7.06. The number of aryl methyl sites for hydroxylation is 1. The largest absolute Gasteiger partial charge is 0.490 e. The van der Waals surface area contributed by atoms with E-state index in [0.717, 1.165) is 34.7 Å². The van der Waals surface area contributed by atoms with Crippen molar-refractivity contribution in [1.82, 2.24) is 10.2 Å². The first-order valence-electron chi connectivity index (χ1n) is 8.00. The molecular weight excluding hydrogens is 304 g/mol. The molecule has 2 heterocycles. The molecule has 24 heavy (non-hydrogen) atoms. The maximum atomic E-state index is 9.40. The van der Waals surface area contributed by atoms with Crippen LogP contribution >= 0.6 is 0 Å². The summed E-state index contributed by atoms with van der Waals surface area (Å²) >= 11 is 0. The van der Waals surface area contributed by atoms with Crippen LogP contribution in [0.15, 0.2) is 18.2 Å². The fraction of sp³-hybridized carbons (Fsp3) is 0.389. The minimum Gasteiger partial charge on any atom is -0.490 e. The van der Waals surface area contributed by atoms with Crippen LogP contribution in [-0.4, -0.2) is 23.4 Å². The van der Waals surface area contributed by atoms with Crippen molar-refractivity contribution in [2.75, 3.05) is 18.5 Å². The Morgan fingerprint density at radius 3 is 2.67 bits per heavy atom. The minimum absolute atomic E-state index is 0.0503. The monoisotopic (exact) mass is 324 g/mol. The second-order valence-electron chi connectivity index (χ2n) is 5.87. The Bertz CT molecular complexity index is 798. The number of nitrogens with one attached hydrogen (secondary N) is 1. The van der Waals surface area contributed by atoms with Crippen LogP contribution in [0.5, 0.6) is 11.5 Å². The molecule has 0 saturated heterocycles. The number of rotatable bonds is 3. The topological polar surface area (TPSA) is 80.1 Å². The average molecular weight is 324 g/mol. The maximum absolute atomic E-state index is 9.40. The summed E-state index contributed by atoms with van der Waals surface area (Å²) in [5.41, 5.74) is 3.17. The summed E-state index contributed by atoms with van der Waals surface area (Å²) in [5.74, 6) is 2.03. The summed E-state index contributed by atoms with van der Waals surface area (Å²) in [6.07, 6.45) is 0.877. The number of fused-ring (bicyclic) bond motifs is 1. The lowest BCUT2D eigenvalue weighted by atomic mass is 10.1. The molecule has 0 saturated carbocycles. The van der Waals surface area contributed by atoms with Crippen molar-refractivity contribution in [2.45, 2.75) is 33.2 Å². The van der Waals surface area contributed by atoms with Crippen LogP contribution in [0.3, 0.4) is 0 Å². The highest BCUT2D eigenvalue weighted by Gasteiger charge is 2.16. The van der Waals surface area contributed by atoms with E-state index in [1.807, 2.05) is 39.0 Å². The molecule has 1 N–H and O–H groups in total. The number of ether oxygens (including phenoxy) is 2. The Morgan fingerprint density at radius 2 is 1.92 bits per heavy atom. The number of nitriles is 1. The van der Waals surface area contributed by atoms with Gasteiger partial charge in [-0.2, -0.15) is 10.4 Å². The Labute approximate surface area is 141 Å².